The van der Waals surface area contributed by atoms with Gasteiger partial charge in [-0.2, -0.15) is 0 Å². The maximum Gasteiger partial charge on any atom is 0.407 e. The first-order chi connectivity index (χ1) is 14.1. The van der Waals surface area contributed by atoms with E-state index in [2.05, 4.69) is 29.6 Å². The van der Waals surface area contributed by atoms with E-state index in [4.69, 9.17) is 16.3 Å². The van der Waals surface area contributed by atoms with E-state index in [-0.39, 0.29) is 23.3 Å². The summed E-state index contributed by atoms with van der Waals surface area (Å²) in [6.07, 6.45) is 3.02. The molecule has 0 atom stereocenters. The molecule has 3 aromatic rings. The van der Waals surface area contributed by atoms with Gasteiger partial charge in [-0.25, -0.2) is 4.79 Å². The number of halogens is 1. The van der Waals surface area contributed by atoms with Gasteiger partial charge in [-0.05, 0) is 33.9 Å². The highest BCUT2D eigenvalue weighted by molar-refractivity contribution is 6.33. The average molecular weight is 406 g/mol. The molecule has 0 unspecified atom stereocenters. The molecule has 29 heavy (non-hydrogen) atoms. The van der Waals surface area contributed by atoms with E-state index in [1.807, 2.05) is 24.3 Å². The van der Waals surface area contributed by atoms with Gasteiger partial charge in [-0.1, -0.05) is 84.4 Å². The molecule has 0 bridgehead atoms. The van der Waals surface area contributed by atoms with E-state index in [1.165, 1.54) is 28.3 Å². The Kier molecular flexibility index (Phi) is 5.54. The van der Waals surface area contributed by atoms with Crippen LogP contribution in [0.2, 0.25) is 5.02 Å². The number of alkyl carbamates (subject to hydrolysis) is 1. The molecule has 0 saturated carbocycles. The first-order valence-corrected chi connectivity index (χ1v) is 9.76. The fraction of sp³-hybridized carbons (Fsp3) is 0.125. The van der Waals surface area contributed by atoms with Gasteiger partial charge in [-0.3, -0.25) is 0 Å². The van der Waals surface area contributed by atoms with E-state index in [0.29, 0.717) is 12.1 Å². The number of rotatable bonds is 5. The molecular weight excluding hydrogens is 386 g/mol. The third-order valence-corrected chi connectivity index (χ3v) is 5.43. The molecule has 5 heteroatoms. The summed E-state index contributed by atoms with van der Waals surface area (Å²) in [4.78, 5) is 12.1. The van der Waals surface area contributed by atoms with Crippen LogP contribution in [0.15, 0.2) is 72.8 Å². The van der Waals surface area contributed by atoms with Crippen LogP contribution in [0.3, 0.4) is 0 Å². The highest BCUT2D eigenvalue weighted by Crippen LogP contribution is 2.44. The van der Waals surface area contributed by atoms with Crippen molar-refractivity contribution >= 4 is 23.8 Å². The topological polar surface area (TPSA) is 58.6 Å². The van der Waals surface area contributed by atoms with E-state index in [0.717, 1.165) is 0 Å². The van der Waals surface area contributed by atoms with Gasteiger partial charge in [0.2, 0.25) is 0 Å². The third-order valence-electron chi connectivity index (χ3n) is 5.01. The van der Waals surface area contributed by atoms with Crippen LogP contribution in [0, 0.1) is 0 Å². The number of carbonyl (C=O) groups is 1. The number of aromatic hydroxyl groups is 1. The normalized spacial score (nSPS) is 12.6. The second-order valence-corrected chi connectivity index (χ2v) is 7.17. The fourth-order valence-corrected chi connectivity index (χ4v) is 3.83. The Morgan fingerprint density at radius 3 is 2.34 bits per heavy atom. The number of hydrogen-bond acceptors (Lipinski definition) is 3. The number of benzene rings is 3. The minimum atomic E-state index is -0.474. The van der Waals surface area contributed by atoms with E-state index >= 15 is 0 Å². The zero-order chi connectivity index (χ0) is 20.2. The van der Waals surface area contributed by atoms with Gasteiger partial charge in [0.05, 0.1) is 5.02 Å². The second kappa shape index (κ2) is 8.41. The molecule has 1 amide bonds. The van der Waals surface area contributed by atoms with Gasteiger partial charge >= 0.3 is 6.09 Å². The highest BCUT2D eigenvalue weighted by atomic mass is 35.5. The summed E-state index contributed by atoms with van der Waals surface area (Å²) >= 11 is 6.03. The van der Waals surface area contributed by atoms with Crippen LogP contribution in [0.4, 0.5) is 4.79 Å². The Morgan fingerprint density at radius 1 is 1.00 bits per heavy atom. The summed E-state index contributed by atoms with van der Waals surface area (Å²) in [5.41, 5.74) is 5.44. The largest absolute Gasteiger partial charge is 0.506 e. The molecule has 0 fully saturated rings. The summed E-state index contributed by atoms with van der Waals surface area (Å²) in [6, 6.07) is 21.5. The van der Waals surface area contributed by atoms with Crippen molar-refractivity contribution in [3.8, 4) is 16.9 Å². The quantitative estimate of drug-likeness (QED) is 0.581. The van der Waals surface area contributed by atoms with Crippen LogP contribution in [-0.2, 0) is 4.74 Å². The predicted octanol–water partition coefficient (Wildman–Crippen LogP) is 5.60. The monoisotopic (exact) mass is 405 g/mol. The number of hydrogen-bond donors (Lipinski definition) is 2. The van der Waals surface area contributed by atoms with Gasteiger partial charge in [0, 0.05) is 12.5 Å². The van der Waals surface area contributed by atoms with Crippen molar-refractivity contribution in [1.29, 1.82) is 0 Å². The highest BCUT2D eigenvalue weighted by Gasteiger charge is 2.28. The van der Waals surface area contributed by atoms with Crippen LogP contribution in [0.25, 0.3) is 17.2 Å². The summed E-state index contributed by atoms with van der Waals surface area (Å²) in [5.74, 6) is 0.0631. The number of phenolic OH excluding ortho intramolecular Hbond substituents is 1. The van der Waals surface area contributed by atoms with Gasteiger partial charge in [0.15, 0.2) is 0 Å². The molecule has 0 radical (unpaired) electrons. The minimum Gasteiger partial charge on any atom is -0.506 e. The van der Waals surface area contributed by atoms with Crippen molar-refractivity contribution in [1.82, 2.24) is 5.32 Å². The molecule has 3 aromatic carbocycles. The number of carbonyl (C=O) groups excluding carboxylic acids is 1. The fourth-order valence-electron chi connectivity index (χ4n) is 3.64. The molecule has 4 nitrogen and oxygen atoms in total. The summed E-state index contributed by atoms with van der Waals surface area (Å²) < 4.78 is 5.48. The molecule has 2 N–H and O–H groups in total. The van der Waals surface area contributed by atoms with Gasteiger partial charge in [0.25, 0.3) is 0 Å². The number of phenols is 1. The molecular formula is C24H20ClNO3. The lowest BCUT2D eigenvalue weighted by Crippen LogP contribution is -2.26. The molecule has 1 aliphatic carbocycles. The Labute approximate surface area is 174 Å². The second-order valence-electron chi connectivity index (χ2n) is 6.79. The lowest BCUT2D eigenvalue weighted by molar-refractivity contribution is 0.144. The molecule has 146 valence electrons. The number of ether oxygens (including phenoxy) is 1. The van der Waals surface area contributed by atoms with Crippen LogP contribution in [-0.4, -0.2) is 24.4 Å². The first kappa shape index (κ1) is 19.1. The summed E-state index contributed by atoms with van der Waals surface area (Å²) in [6.45, 7) is 0.574. The summed E-state index contributed by atoms with van der Waals surface area (Å²) in [7, 11) is 0. The van der Waals surface area contributed by atoms with Crippen molar-refractivity contribution < 1.29 is 14.6 Å². The smallest absolute Gasteiger partial charge is 0.407 e. The number of fused-ring (bicyclic) bond motifs is 3. The molecule has 1 aliphatic rings. The van der Waals surface area contributed by atoms with Crippen LogP contribution in [0.1, 0.15) is 22.6 Å². The molecule has 4 rings (SSSR count). The lowest BCUT2D eigenvalue weighted by atomic mass is 9.98. The van der Waals surface area contributed by atoms with E-state index in [1.54, 1.807) is 24.3 Å². The SMILES string of the molecule is O=C(NCC=Cc1cccc(O)c1Cl)OCC1c2ccccc2-c2ccccc21. The summed E-state index contributed by atoms with van der Waals surface area (Å²) in [5, 5.41) is 12.6. The zero-order valence-electron chi connectivity index (χ0n) is 15.6. The molecule has 0 aromatic heterocycles. The third kappa shape index (κ3) is 3.98. The Morgan fingerprint density at radius 2 is 1.66 bits per heavy atom. The molecule has 0 aliphatic heterocycles. The lowest BCUT2D eigenvalue weighted by Gasteiger charge is -2.14. The van der Waals surface area contributed by atoms with Crippen molar-refractivity contribution in [2.45, 2.75) is 5.92 Å². The minimum absolute atomic E-state index is 0.0262. The molecule has 0 heterocycles. The van der Waals surface area contributed by atoms with Crippen molar-refractivity contribution in [2.75, 3.05) is 13.2 Å². The van der Waals surface area contributed by atoms with Crippen molar-refractivity contribution in [2.24, 2.45) is 0 Å². The van der Waals surface area contributed by atoms with Crippen molar-refractivity contribution in [3.63, 3.8) is 0 Å². The average Bonchev–Trinajstić information content (AvgIpc) is 3.06. The molecule has 0 spiro atoms. The molecule has 0 saturated heterocycles. The maximum atomic E-state index is 12.1. The van der Waals surface area contributed by atoms with Gasteiger partial charge in [0.1, 0.15) is 12.4 Å². The predicted molar refractivity (Wildman–Crippen MR) is 115 cm³/mol. The van der Waals surface area contributed by atoms with Crippen LogP contribution in [0.5, 0.6) is 5.75 Å². The van der Waals surface area contributed by atoms with Gasteiger partial charge < -0.3 is 15.2 Å². The Bertz CT molecular complexity index is 1030. The Hall–Kier alpha value is -3.24. The van der Waals surface area contributed by atoms with Gasteiger partial charge in [-0.15, -0.1) is 0 Å². The number of nitrogens with one attached hydrogen (secondary N) is 1. The maximum absolute atomic E-state index is 12.1. The van der Waals surface area contributed by atoms with Crippen molar-refractivity contribution in [3.05, 3.63) is 94.5 Å². The van der Waals surface area contributed by atoms with Crippen LogP contribution < -0.4 is 5.32 Å². The first-order valence-electron chi connectivity index (χ1n) is 9.38. The van der Waals surface area contributed by atoms with E-state index < -0.39 is 6.09 Å². The Balaban J connectivity index is 1.34. The zero-order valence-corrected chi connectivity index (χ0v) is 16.4. The standard InChI is InChI=1S/C24H20ClNO3/c25-23-16(7-5-13-22(23)27)8-6-14-26-24(28)29-15-21-19-11-3-1-9-17(19)18-10-2-4-12-20(18)21/h1-13,21,27H,14-15H2,(H,26,28). The van der Waals surface area contributed by atoms with Crippen LogP contribution >= 0.6 is 11.6 Å². The number of amides is 1. The van der Waals surface area contributed by atoms with E-state index in [9.17, 15) is 9.90 Å².